The molecule has 0 aliphatic rings. The fraction of sp³-hybridized carbons (Fsp3) is 0.125. The average Bonchev–Trinajstić information content (AvgIpc) is 2.48. The van der Waals surface area contributed by atoms with Crippen molar-refractivity contribution in [2.24, 2.45) is 5.10 Å². The number of nitrogen functional groups attached to an aromatic ring is 1. The van der Waals surface area contributed by atoms with E-state index in [1.165, 1.54) is 0 Å². The van der Waals surface area contributed by atoms with Crippen molar-refractivity contribution >= 4 is 28.9 Å². The molecule has 4 nitrogen and oxygen atoms in total. The largest absolute Gasteiger partial charge is 0.399 e. The van der Waals surface area contributed by atoms with E-state index in [9.17, 15) is 4.79 Å². The van der Waals surface area contributed by atoms with Crippen LogP contribution in [0, 0.1) is 0 Å². The van der Waals surface area contributed by atoms with E-state index >= 15 is 0 Å². The number of benzene rings is 2. The minimum Gasteiger partial charge on any atom is -0.399 e. The summed E-state index contributed by atoms with van der Waals surface area (Å²) in [4.78, 5) is 11.8. The first-order valence-corrected chi connectivity index (χ1v) is 6.86. The molecule has 3 N–H and O–H groups in total. The van der Waals surface area contributed by atoms with Crippen molar-refractivity contribution in [3.63, 3.8) is 0 Å². The normalized spacial score (nSPS) is 11.2. The third kappa shape index (κ3) is 4.61. The molecule has 2 aromatic carbocycles. The molecule has 0 bridgehead atoms. The maximum atomic E-state index is 11.8. The molecule has 0 saturated heterocycles. The molecule has 0 unspecified atom stereocenters. The number of carbonyl (C=O) groups is 1. The van der Waals surface area contributed by atoms with E-state index in [0.29, 0.717) is 10.7 Å². The summed E-state index contributed by atoms with van der Waals surface area (Å²) in [7, 11) is 0. The maximum absolute atomic E-state index is 11.8. The zero-order valence-electron chi connectivity index (χ0n) is 11.6. The Hall–Kier alpha value is -2.33. The number of nitrogens with zero attached hydrogens (tertiary/aromatic N) is 1. The minimum absolute atomic E-state index is 0.173. The van der Waals surface area contributed by atoms with Gasteiger partial charge in [-0.3, -0.25) is 4.79 Å². The van der Waals surface area contributed by atoms with Crippen LogP contribution in [0.15, 0.2) is 53.6 Å². The van der Waals surface area contributed by atoms with Crippen LogP contribution in [0.1, 0.15) is 18.1 Å². The second-order valence-corrected chi connectivity index (χ2v) is 5.09. The van der Waals surface area contributed by atoms with Crippen LogP contribution in [0.3, 0.4) is 0 Å². The van der Waals surface area contributed by atoms with Crippen LogP contribution >= 0.6 is 11.6 Å². The van der Waals surface area contributed by atoms with E-state index in [1.807, 2.05) is 31.2 Å². The average molecular weight is 302 g/mol. The van der Waals surface area contributed by atoms with Crippen molar-refractivity contribution in [3.05, 3.63) is 64.7 Å². The molecule has 5 heteroatoms. The molecule has 108 valence electrons. The summed E-state index contributed by atoms with van der Waals surface area (Å²) in [6.07, 6.45) is 0.262. The van der Waals surface area contributed by atoms with Crippen molar-refractivity contribution in [2.45, 2.75) is 13.3 Å². The molecule has 2 aromatic rings. The van der Waals surface area contributed by atoms with E-state index in [2.05, 4.69) is 10.5 Å². The predicted octanol–water partition coefficient (Wildman–Crippen LogP) is 3.01. The number of rotatable bonds is 4. The zero-order chi connectivity index (χ0) is 15.2. The molecule has 2 rings (SSSR count). The highest BCUT2D eigenvalue weighted by atomic mass is 35.5. The van der Waals surface area contributed by atoms with Crippen LogP contribution in [0.5, 0.6) is 0 Å². The Morgan fingerprint density at radius 3 is 2.38 bits per heavy atom. The first-order valence-electron chi connectivity index (χ1n) is 6.48. The van der Waals surface area contributed by atoms with Crippen molar-refractivity contribution < 1.29 is 4.79 Å². The summed E-state index contributed by atoms with van der Waals surface area (Å²) in [6.45, 7) is 1.83. The Balaban J connectivity index is 1.94. The lowest BCUT2D eigenvalue weighted by Gasteiger charge is -2.04. The Bertz CT molecular complexity index is 648. The maximum Gasteiger partial charge on any atom is 0.244 e. The molecular formula is C16H16ClN3O. The molecule has 0 saturated carbocycles. The summed E-state index contributed by atoms with van der Waals surface area (Å²) in [5.41, 5.74) is 11.3. The summed E-state index contributed by atoms with van der Waals surface area (Å²) in [6, 6.07) is 14.5. The summed E-state index contributed by atoms with van der Waals surface area (Å²) < 4.78 is 0. The van der Waals surface area contributed by atoms with Gasteiger partial charge in [-0.15, -0.1) is 0 Å². The number of hydrazone groups is 1. The van der Waals surface area contributed by atoms with E-state index in [0.717, 1.165) is 16.8 Å². The Kier molecular flexibility index (Phi) is 4.95. The van der Waals surface area contributed by atoms with Gasteiger partial charge in [0, 0.05) is 10.7 Å². The first-order chi connectivity index (χ1) is 10.0. The molecule has 0 atom stereocenters. The van der Waals surface area contributed by atoms with E-state index in [-0.39, 0.29) is 12.3 Å². The van der Waals surface area contributed by atoms with Gasteiger partial charge in [0.1, 0.15) is 0 Å². The number of hydrogen-bond donors (Lipinski definition) is 2. The number of nitrogens with two attached hydrogens (primary N) is 1. The lowest BCUT2D eigenvalue weighted by Crippen LogP contribution is -2.21. The lowest BCUT2D eigenvalue weighted by molar-refractivity contribution is -0.120. The van der Waals surface area contributed by atoms with E-state index in [1.54, 1.807) is 24.3 Å². The molecule has 0 spiro atoms. The van der Waals surface area contributed by atoms with Gasteiger partial charge in [-0.1, -0.05) is 35.9 Å². The second kappa shape index (κ2) is 6.90. The van der Waals surface area contributed by atoms with Crippen LogP contribution < -0.4 is 11.2 Å². The van der Waals surface area contributed by atoms with Gasteiger partial charge in [0.15, 0.2) is 0 Å². The molecule has 0 radical (unpaired) electrons. The fourth-order valence-corrected chi connectivity index (χ4v) is 1.89. The quantitative estimate of drug-likeness (QED) is 0.518. The standard InChI is InChI=1S/C16H16ClN3O/c1-11(13-4-6-14(17)7-5-13)19-20-16(21)10-12-2-8-15(18)9-3-12/h2-9H,10,18H2,1H3,(H,20,21)/b19-11-. The SMILES string of the molecule is C/C(=N/NC(=O)Cc1ccc(N)cc1)c1ccc(Cl)cc1. The molecule has 0 fully saturated rings. The highest BCUT2D eigenvalue weighted by Gasteiger charge is 2.03. The molecule has 0 aliphatic heterocycles. The Labute approximate surface area is 128 Å². The molecule has 0 aromatic heterocycles. The van der Waals surface area contributed by atoms with Gasteiger partial charge >= 0.3 is 0 Å². The Morgan fingerprint density at radius 1 is 1.14 bits per heavy atom. The van der Waals surface area contributed by atoms with E-state index in [4.69, 9.17) is 17.3 Å². The van der Waals surface area contributed by atoms with Crippen LogP contribution in [0.2, 0.25) is 5.02 Å². The highest BCUT2D eigenvalue weighted by Crippen LogP contribution is 2.10. The van der Waals surface area contributed by atoms with Crippen molar-refractivity contribution in [1.82, 2.24) is 5.43 Å². The fourth-order valence-electron chi connectivity index (χ4n) is 1.76. The summed E-state index contributed by atoms with van der Waals surface area (Å²) >= 11 is 5.83. The molecule has 0 heterocycles. The van der Waals surface area contributed by atoms with Crippen molar-refractivity contribution in [3.8, 4) is 0 Å². The van der Waals surface area contributed by atoms with Crippen molar-refractivity contribution in [1.29, 1.82) is 0 Å². The predicted molar refractivity (Wildman–Crippen MR) is 86.4 cm³/mol. The second-order valence-electron chi connectivity index (χ2n) is 4.66. The molecular weight excluding hydrogens is 286 g/mol. The number of carbonyl (C=O) groups excluding carboxylic acids is 1. The van der Waals surface area contributed by atoms with Gasteiger partial charge in [0.05, 0.1) is 12.1 Å². The third-order valence-corrected chi connectivity index (χ3v) is 3.21. The van der Waals surface area contributed by atoms with Gasteiger partial charge in [-0.2, -0.15) is 5.10 Å². The van der Waals surface area contributed by atoms with Crippen LogP contribution in [-0.2, 0) is 11.2 Å². The third-order valence-electron chi connectivity index (χ3n) is 2.95. The topological polar surface area (TPSA) is 67.5 Å². The molecule has 21 heavy (non-hydrogen) atoms. The number of hydrogen-bond acceptors (Lipinski definition) is 3. The minimum atomic E-state index is -0.173. The first kappa shape index (κ1) is 15.1. The van der Waals surface area contributed by atoms with Crippen LogP contribution in [0.4, 0.5) is 5.69 Å². The number of nitrogens with one attached hydrogen (secondary N) is 1. The van der Waals surface area contributed by atoms with Gasteiger partial charge in [-0.25, -0.2) is 5.43 Å². The summed E-state index contributed by atoms with van der Waals surface area (Å²) in [5, 5.41) is 4.75. The van der Waals surface area contributed by atoms with Gasteiger partial charge < -0.3 is 5.73 Å². The molecule has 1 amide bonds. The van der Waals surface area contributed by atoms with Gasteiger partial charge in [-0.05, 0) is 42.3 Å². The van der Waals surface area contributed by atoms with Crippen molar-refractivity contribution in [2.75, 3.05) is 5.73 Å². The van der Waals surface area contributed by atoms with Gasteiger partial charge in [0.2, 0.25) is 5.91 Å². The number of halogens is 1. The number of anilines is 1. The zero-order valence-corrected chi connectivity index (χ0v) is 12.4. The van der Waals surface area contributed by atoms with E-state index < -0.39 is 0 Å². The molecule has 0 aliphatic carbocycles. The highest BCUT2D eigenvalue weighted by molar-refractivity contribution is 6.30. The van der Waals surface area contributed by atoms with Crippen LogP contribution in [-0.4, -0.2) is 11.6 Å². The Morgan fingerprint density at radius 2 is 1.76 bits per heavy atom. The summed E-state index contributed by atoms with van der Waals surface area (Å²) in [5.74, 6) is -0.173. The lowest BCUT2D eigenvalue weighted by atomic mass is 10.1. The van der Waals surface area contributed by atoms with Gasteiger partial charge in [0.25, 0.3) is 0 Å². The van der Waals surface area contributed by atoms with Crippen LogP contribution in [0.25, 0.3) is 0 Å². The number of amides is 1. The monoisotopic (exact) mass is 301 g/mol. The smallest absolute Gasteiger partial charge is 0.244 e.